The van der Waals surface area contributed by atoms with Crippen LogP contribution in [-0.2, 0) is 0 Å². The maximum atomic E-state index is 3.67. The quantitative estimate of drug-likeness (QED) is 0.161. The third-order valence-corrected chi connectivity index (χ3v) is 14.5. The molecule has 3 heteroatoms. The first-order valence-electron chi connectivity index (χ1n) is 24.4. The second-order valence-electron chi connectivity index (χ2n) is 18.7. The molecule has 71 heavy (non-hydrogen) atoms. The number of nitrogens with one attached hydrogen (secondary N) is 1. The fourth-order valence-electron chi connectivity index (χ4n) is 10.9. The average molecular weight is 904 g/mol. The Morgan fingerprint density at radius 1 is 0.211 bits per heavy atom. The SMILES string of the molecule is c1ccc(-c2ccc(-n3c4ccc(-c5ccc(Nc6ccc(-c7ccc8c(c7)c7cc9ccccc9cc7n8-c7ccc(-c8ccccc8)cc7)cc6)cc5)cc4c4cc5ccccc5cc43)cc2)cc1. The van der Waals surface area contributed by atoms with Crippen LogP contribution in [0.3, 0.4) is 0 Å². The first kappa shape index (κ1) is 40.6. The van der Waals surface area contributed by atoms with E-state index in [-0.39, 0.29) is 0 Å². The van der Waals surface area contributed by atoms with E-state index in [1.807, 2.05) is 0 Å². The highest BCUT2D eigenvalue weighted by atomic mass is 15.0. The number of aromatic nitrogens is 2. The maximum absolute atomic E-state index is 3.67. The van der Waals surface area contributed by atoms with Crippen LogP contribution in [0.5, 0.6) is 0 Å². The predicted molar refractivity (Wildman–Crippen MR) is 302 cm³/mol. The molecule has 1 N–H and O–H groups in total. The second-order valence-corrected chi connectivity index (χ2v) is 18.7. The standard InChI is InChI=1S/C68H45N3/c1-3-11-45(12-4-1)47-23-33-59(34-24-47)70-65-37-27-55(41-61(65)63-39-51-15-7-9-17-53(51)43-67(63)70)49-19-29-57(30-20-49)69-58-31-21-50(22-32-58)56-28-38-66-62(42-56)64-40-52-16-8-10-18-54(52)44-68(64)71(66)60-35-25-48(26-36-60)46-13-5-2-6-14-46/h1-44,69H. The van der Waals surface area contributed by atoms with Gasteiger partial charge in [-0.2, -0.15) is 0 Å². The molecule has 2 aromatic heterocycles. The molecule has 0 saturated carbocycles. The van der Waals surface area contributed by atoms with E-state index in [0.717, 1.165) is 22.7 Å². The van der Waals surface area contributed by atoms with E-state index < -0.39 is 0 Å². The Labute approximate surface area is 411 Å². The first-order valence-corrected chi connectivity index (χ1v) is 24.4. The molecule has 0 bridgehead atoms. The molecule has 0 atom stereocenters. The normalized spacial score (nSPS) is 11.7. The summed E-state index contributed by atoms with van der Waals surface area (Å²) in [5.74, 6) is 0. The first-order chi connectivity index (χ1) is 35.1. The van der Waals surface area contributed by atoms with Crippen molar-refractivity contribution in [1.82, 2.24) is 9.13 Å². The monoisotopic (exact) mass is 903 g/mol. The van der Waals surface area contributed by atoms with Gasteiger partial charge in [-0.15, -0.1) is 0 Å². The Morgan fingerprint density at radius 2 is 0.507 bits per heavy atom. The van der Waals surface area contributed by atoms with Crippen molar-refractivity contribution in [1.29, 1.82) is 0 Å². The number of hydrogen-bond donors (Lipinski definition) is 1. The van der Waals surface area contributed by atoms with E-state index in [1.165, 1.54) is 110 Å². The molecule has 12 aromatic carbocycles. The minimum atomic E-state index is 1.04. The van der Waals surface area contributed by atoms with Crippen molar-refractivity contribution < 1.29 is 0 Å². The van der Waals surface area contributed by atoms with Crippen molar-refractivity contribution in [2.75, 3.05) is 5.32 Å². The Kier molecular flexibility index (Phi) is 9.53. The van der Waals surface area contributed by atoms with Gasteiger partial charge < -0.3 is 14.5 Å². The minimum Gasteiger partial charge on any atom is -0.356 e. The third-order valence-electron chi connectivity index (χ3n) is 14.5. The maximum Gasteiger partial charge on any atom is 0.0547 e. The number of nitrogens with zero attached hydrogens (tertiary/aromatic N) is 2. The summed E-state index contributed by atoms with van der Waals surface area (Å²) >= 11 is 0. The zero-order valence-electron chi connectivity index (χ0n) is 38.8. The van der Waals surface area contributed by atoms with Crippen molar-refractivity contribution >= 4 is 76.5 Å². The molecule has 14 rings (SSSR count). The summed E-state index contributed by atoms with van der Waals surface area (Å²) in [4.78, 5) is 0. The summed E-state index contributed by atoms with van der Waals surface area (Å²) < 4.78 is 4.83. The Morgan fingerprint density at radius 3 is 0.901 bits per heavy atom. The van der Waals surface area contributed by atoms with Gasteiger partial charge in [-0.05, 0) is 163 Å². The summed E-state index contributed by atoms with van der Waals surface area (Å²) in [6, 6.07) is 97.3. The van der Waals surface area contributed by atoms with Crippen LogP contribution in [0.25, 0.3) is 121 Å². The number of benzene rings is 12. The summed E-state index contributed by atoms with van der Waals surface area (Å²) in [6.07, 6.45) is 0. The van der Waals surface area contributed by atoms with Gasteiger partial charge in [-0.25, -0.2) is 0 Å². The van der Waals surface area contributed by atoms with Gasteiger partial charge >= 0.3 is 0 Å². The molecular weight excluding hydrogens is 859 g/mol. The van der Waals surface area contributed by atoms with E-state index in [4.69, 9.17) is 0 Å². The zero-order valence-corrected chi connectivity index (χ0v) is 38.8. The van der Waals surface area contributed by atoms with Gasteiger partial charge in [0.25, 0.3) is 0 Å². The van der Waals surface area contributed by atoms with Crippen molar-refractivity contribution in [3.63, 3.8) is 0 Å². The van der Waals surface area contributed by atoms with E-state index in [1.54, 1.807) is 0 Å². The molecule has 0 saturated heterocycles. The van der Waals surface area contributed by atoms with E-state index in [2.05, 4.69) is 281 Å². The lowest BCUT2D eigenvalue weighted by molar-refractivity contribution is 1.18. The van der Waals surface area contributed by atoms with Crippen LogP contribution in [0.4, 0.5) is 11.4 Å². The van der Waals surface area contributed by atoms with E-state index in [9.17, 15) is 0 Å². The summed E-state index contributed by atoms with van der Waals surface area (Å²) in [5, 5.41) is 13.6. The summed E-state index contributed by atoms with van der Waals surface area (Å²) in [7, 11) is 0. The molecule has 0 spiro atoms. The molecule has 0 aliphatic rings. The number of hydrogen-bond acceptors (Lipinski definition) is 1. The van der Waals surface area contributed by atoms with Crippen LogP contribution in [-0.4, -0.2) is 9.13 Å². The van der Waals surface area contributed by atoms with Crippen molar-refractivity contribution in [2.24, 2.45) is 0 Å². The molecule has 0 unspecified atom stereocenters. The van der Waals surface area contributed by atoms with Gasteiger partial charge in [0.2, 0.25) is 0 Å². The van der Waals surface area contributed by atoms with Crippen LogP contribution < -0.4 is 5.32 Å². The highest BCUT2D eigenvalue weighted by molar-refractivity contribution is 6.16. The van der Waals surface area contributed by atoms with Crippen LogP contribution in [0.2, 0.25) is 0 Å². The molecule has 0 fully saturated rings. The molecule has 3 nitrogen and oxygen atoms in total. The van der Waals surface area contributed by atoms with Crippen molar-refractivity contribution in [3.05, 3.63) is 267 Å². The fraction of sp³-hybridized carbons (Fsp3) is 0. The summed E-state index contributed by atoms with van der Waals surface area (Å²) in [5.41, 5.74) is 18.8. The third kappa shape index (κ3) is 7.14. The van der Waals surface area contributed by atoms with Gasteiger partial charge in [-0.1, -0.05) is 170 Å². The summed E-state index contributed by atoms with van der Waals surface area (Å²) in [6.45, 7) is 0. The van der Waals surface area contributed by atoms with E-state index >= 15 is 0 Å². The highest BCUT2D eigenvalue weighted by Gasteiger charge is 2.17. The Balaban J connectivity index is 0.754. The van der Waals surface area contributed by atoms with Gasteiger partial charge in [0.1, 0.15) is 0 Å². The molecular formula is C68H45N3. The Bertz CT molecular complexity index is 4020. The zero-order chi connectivity index (χ0) is 46.8. The predicted octanol–water partition coefficient (Wildman–Crippen LogP) is 18.6. The fourth-order valence-corrected chi connectivity index (χ4v) is 10.9. The van der Waals surface area contributed by atoms with Gasteiger partial charge in [-0.3, -0.25) is 0 Å². The van der Waals surface area contributed by atoms with Gasteiger partial charge in [0, 0.05) is 44.3 Å². The van der Waals surface area contributed by atoms with Gasteiger partial charge in [0.05, 0.1) is 22.1 Å². The minimum absolute atomic E-state index is 1.04. The number of anilines is 2. The van der Waals surface area contributed by atoms with Crippen molar-refractivity contribution in [3.8, 4) is 55.9 Å². The topological polar surface area (TPSA) is 21.9 Å². The Hall–Kier alpha value is -9.44. The largest absolute Gasteiger partial charge is 0.356 e. The van der Waals surface area contributed by atoms with E-state index in [0.29, 0.717) is 0 Å². The molecule has 0 radical (unpaired) electrons. The van der Waals surface area contributed by atoms with Crippen LogP contribution in [0, 0.1) is 0 Å². The molecule has 14 aromatic rings. The van der Waals surface area contributed by atoms with Crippen LogP contribution in [0.15, 0.2) is 267 Å². The molecule has 0 aliphatic heterocycles. The smallest absolute Gasteiger partial charge is 0.0547 e. The lowest BCUT2D eigenvalue weighted by atomic mass is 10.0. The number of rotatable bonds is 8. The molecule has 332 valence electrons. The molecule has 2 heterocycles. The molecule has 0 aliphatic carbocycles. The van der Waals surface area contributed by atoms with Crippen LogP contribution in [0.1, 0.15) is 0 Å². The second kappa shape index (κ2) is 16.7. The lowest BCUT2D eigenvalue weighted by Gasteiger charge is -2.11. The lowest BCUT2D eigenvalue weighted by Crippen LogP contribution is -1.94. The van der Waals surface area contributed by atoms with Crippen LogP contribution >= 0.6 is 0 Å². The van der Waals surface area contributed by atoms with Gasteiger partial charge in [0.15, 0.2) is 0 Å². The highest BCUT2D eigenvalue weighted by Crippen LogP contribution is 2.40. The van der Waals surface area contributed by atoms with Crippen molar-refractivity contribution in [2.45, 2.75) is 0 Å². The number of fused-ring (bicyclic) bond motifs is 8. The average Bonchev–Trinajstić information content (AvgIpc) is 3.93. The molecule has 0 amide bonds.